The van der Waals surface area contributed by atoms with Gasteiger partial charge in [-0.05, 0) is 35.7 Å². The summed E-state index contributed by atoms with van der Waals surface area (Å²) >= 11 is 0. The minimum atomic E-state index is 0.751. The van der Waals surface area contributed by atoms with E-state index in [1.54, 1.807) is 19.5 Å². The summed E-state index contributed by atoms with van der Waals surface area (Å²) in [5.74, 6) is 1.68. The Balaban J connectivity index is 1.80. The van der Waals surface area contributed by atoms with Crippen LogP contribution in [0.15, 0.2) is 54.9 Å². The van der Waals surface area contributed by atoms with E-state index in [1.807, 2.05) is 18.2 Å². The van der Waals surface area contributed by atoms with Crippen LogP contribution in [0.3, 0.4) is 0 Å². The maximum atomic E-state index is 5.42. The first-order chi connectivity index (χ1) is 10.8. The summed E-state index contributed by atoms with van der Waals surface area (Å²) in [6.07, 6.45) is 4.38. The van der Waals surface area contributed by atoms with Crippen LogP contribution in [-0.4, -0.2) is 17.1 Å². The number of benzene rings is 2. The normalized spacial score (nSPS) is 10.5. The third-order valence-electron chi connectivity index (χ3n) is 3.63. The van der Waals surface area contributed by atoms with E-state index in [9.17, 15) is 0 Å². The van der Waals surface area contributed by atoms with Crippen molar-refractivity contribution in [1.29, 1.82) is 0 Å². The number of hydrogen-bond acceptors (Lipinski definition) is 3. The molecule has 2 N–H and O–H groups in total. The van der Waals surface area contributed by atoms with Crippen molar-refractivity contribution in [2.24, 2.45) is 0 Å². The molecule has 0 unspecified atom stereocenters. The predicted molar refractivity (Wildman–Crippen MR) is 88.8 cm³/mol. The van der Waals surface area contributed by atoms with Gasteiger partial charge in [0.15, 0.2) is 0 Å². The van der Waals surface area contributed by atoms with Gasteiger partial charge in [-0.3, -0.25) is 0 Å². The van der Waals surface area contributed by atoms with Crippen molar-refractivity contribution >= 4 is 11.6 Å². The molecule has 0 atom stereocenters. The summed E-state index contributed by atoms with van der Waals surface area (Å²) in [6.45, 7) is 2.09. The predicted octanol–water partition coefficient (Wildman–Crippen LogP) is 4.06. The van der Waals surface area contributed by atoms with E-state index >= 15 is 0 Å². The number of H-pyrrole nitrogens is 1. The second-order valence-corrected chi connectivity index (χ2v) is 5.20. The highest BCUT2D eigenvalue weighted by Crippen LogP contribution is 2.24. The Morgan fingerprint density at radius 2 is 2.05 bits per heavy atom. The van der Waals surface area contributed by atoms with Crippen molar-refractivity contribution in [3.63, 3.8) is 0 Å². The van der Waals surface area contributed by atoms with Crippen molar-refractivity contribution in [1.82, 2.24) is 9.97 Å². The lowest BCUT2D eigenvalue weighted by atomic mass is 10.0. The first kappa shape index (κ1) is 14.2. The molecule has 1 heterocycles. The average molecular weight is 293 g/mol. The lowest BCUT2D eigenvalue weighted by Gasteiger charge is -2.11. The maximum absolute atomic E-state index is 5.42. The minimum absolute atomic E-state index is 0.751. The second kappa shape index (κ2) is 6.35. The third-order valence-corrected chi connectivity index (χ3v) is 3.63. The molecule has 0 aliphatic carbocycles. The van der Waals surface area contributed by atoms with Gasteiger partial charge in [-0.15, -0.1) is 0 Å². The van der Waals surface area contributed by atoms with Gasteiger partial charge in [0.05, 0.1) is 7.11 Å². The van der Waals surface area contributed by atoms with E-state index in [0.717, 1.165) is 23.8 Å². The molecule has 0 saturated heterocycles. The Morgan fingerprint density at radius 1 is 1.18 bits per heavy atom. The molecule has 0 aliphatic heterocycles. The highest BCUT2D eigenvalue weighted by Gasteiger charge is 2.06. The monoisotopic (exact) mass is 293 g/mol. The summed E-state index contributed by atoms with van der Waals surface area (Å²) < 4.78 is 5.42. The molecule has 0 saturated carbocycles. The van der Waals surface area contributed by atoms with Crippen molar-refractivity contribution in [3.8, 4) is 5.75 Å². The van der Waals surface area contributed by atoms with E-state index in [1.165, 1.54) is 16.7 Å². The van der Waals surface area contributed by atoms with E-state index in [0.29, 0.717) is 0 Å². The number of aromatic amines is 1. The van der Waals surface area contributed by atoms with Crippen LogP contribution in [0.1, 0.15) is 16.7 Å². The van der Waals surface area contributed by atoms with E-state index in [4.69, 9.17) is 4.74 Å². The molecule has 4 nitrogen and oxygen atoms in total. The molecule has 0 spiro atoms. The molecule has 0 bridgehead atoms. The zero-order valence-electron chi connectivity index (χ0n) is 12.8. The minimum Gasteiger partial charge on any atom is -0.496 e. The van der Waals surface area contributed by atoms with Crippen LogP contribution in [0.25, 0.3) is 0 Å². The fourth-order valence-corrected chi connectivity index (χ4v) is 2.51. The van der Waals surface area contributed by atoms with Crippen molar-refractivity contribution in [2.75, 3.05) is 12.4 Å². The van der Waals surface area contributed by atoms with Crippen LogP contribution >= 0.6 is 0 Å². The van der Waals surface area contributed by atoms with Gasteiger partial charge in [0.25, 0.3) is 0 Å². The molecule has 0 fully saturated rings. The number of aryl methyl sites for hydroxylation is 1. The smallest absolute Gasteiger partial charge is 0.204 e. The number of rotatable bonds is 5. The SMILES string of the molecule is COc1ccccc1Cc1ccc(Nc2ncc[nH]2)c(C)c1. The van der Waals surface area contributed by atoms with Gasteiger partial charge in [-0.2, -0.15) is 0 Å². The summed E-state index contributed by atoms with van der Waals surface area (Å²) in [4.78, 5) is 7.23. The van der Waals surface area contributed by atoms with Crippen LogP contribution in [0, 0.1) is 6.92 Å². The molecule has 4 heteroatoms. The van der Waals surface area contributed by atoms with Crippen molar-refractivity contribution < 1.29 is 4.74 Å². The lowest BCUT2D eigenvalue weighted by molar-refractivity contribution is 0.410. The first-order valence-electron chi connectivity index (χ1n) is 7.24. The van der Waals surface area contributed by atoms with Crippen LogP contribution in [0.4, 0.5) is 11.6 Å². The van der Waals surface area contributed by atoms with Gasteiger partial charge >= 0.3 is 0 Å². The molecule has 3 rings (SSSR count). The summed E-state index contributed by atoms with van der Waals surface area (Å²) in [5.41, 5.74) is 4.69. The number of anilines is 2. The quantitative estimate of drug-likeness (QED) is 0.746. The molecule has 112 valence electrons. The Morgan fingerprint density at radius 3 is 2.77 bits per heavy atom. The Bertz CT molecular complexity index is 751. The number of nitrogens with one attached hydrogen (secondary N) is 2. The number of para-hydroxylation sites is 1. The van der Waals surface area contributed by atoms with E-state index in [2.05, 4.69) is 46.5 Å². The van der Waals surface area contributed by atoms with Gasteiger partial charge in [0, 0.05) is 24.5 Å². The molecule has 0 radical (unpaired) electrons. The highest BCUT2D eigenvalue weighted by molar-refractivity contribution is 5.59. The fraction of sp³-hybridized carbons (Fsp3) is 0.167. The standard InChI is InChI=1S/C18H19N3O/c1-13-11-14(12-15-5-3-4-6-17(15)22-2)7-8-16(13)21-18-19-9-10-20-18/h3-11H,12H2,1-2H3,(H2,19,20,21). The van der Waals surface area contributed by atoms with E-state index < -0.39 is 0 Å². The Labute approximate surface area is 130 Å². The molecule has 0 amide bonds. The molecule has 3 aromatic rings. The average Bonchev–Trinajstić information content (AvgIpc) is 3.04. The van der Waals surface area contributed by atoms with Gasteiger partial charge in [-0.25, -0.2) is 4.98 Å². The number of nitrogens with zero attached hydrogens (tertiary/aromatic N) is 1. The van der Waals surface area contributed by atoms with Crippen molar-refractivity contribution in [2.45, 2.75) is 13.3 Å². The molecule has 1 aromatic heterocycles. The molecular weight excluding hydrogens is 274 g/mol. The number of methoxy groups -OCH3 is 1. The van der Waals surface area contributed by atoms with Crippen molar-refractivity contribution in [3.05, 3.63) is 71.5 Å². The van der Waals surface area contributed by atoms with Gasteiger partial charge in [0.2, 0.25) is 5.95 Å². The highest BCUT2D eigenvalue weighted by atomic mass is 16.5. The topological polar surface area (TPSA) is 49.9 Å². The second-order valence-electron chi connectivity index (χ2n) is 5.20. The van der Waals surface area contributed by atoms with Crippen LogP contribution in [0.5, 0.6) is 5.75 Å². The first-order valence-corrected chi connectivity index (χ1v) is 7.24. The molecule has 22 heavy (non-hydrogen) atoms. The lowest BCUT2D eigenvalue weighted by Crippen LogP contribution is -1.97. The van der Waals surface area contributed by atoms with Gasteiger partial charge < -0.3 is 15.0 Å². The van der Waals surface area contributed by atoms with Gasteiger partial charge in [-0.1, -0.05) is 30.3 Å². The summed E-state index contributed by atoms with van der Waals surface area (Å²) in [7, 11) is 1.71. The zero-order chi connectivity index (χ0) is 15.4. The fourth-order valence-electron chi connectivity index (χ4n) is 2.51. The summed E-state index contributed by atoms with van der Waals surface area (Å²) in [6, 6.07) is 14.5. The van der Waals surface area contributed by atoms with Crippen LogP contribution < -0.4 is 10.1 Å². The third kappa shape index (κ3) is 3.11. The van der Waals surface area contributed by atoms with Crippen LogP contribution in [-0.2, 0) is 6.42 Å². The Kier molecular flexibility index (Phi) is 4.10. The molecular formula is C18H19N3O. The maximum Gasteiger partial charge on any atom is 0.204 e. The number of hydrogen-bond donors (Lipinski definition) is 2. The number of imidazole rings is 1. The van der Waals surface area contributed by atoms with Crippen LogP contribution in [0.2, 0.25) is 0 Å². The number of aromatic nitrogens is 2. The zero-order valence-corrected chi connectivity index (χ0v) is 12.8. The summed E-state index contributed by atoms with van der Waals surface area (Å²) in [5, 5.41) is 3.27. The van der Waals surface area contributed by atoms with E-state index in [-0.39, 0.29) is 0 Å². The van der Waals surface area contributed by atoms with Gasteiger partial charge in [0.1, 0.15) is 5.75 Å². The largest absolute Gasteiger partial charge is 0.496 e. The Hall–Kier alpha value is -2.75. The number of ether oxygens (including phenoxy) is 1. The molecule has 0 aliphatic rings. The molecule has 2 aromatic carbocycles.